The summed E-state index contributed by atoms with van der Waals surface area (Å²) in [6, 6.07) is 11.9. The van der Waals surface area contributed by atoms with Crippen LogP contribution in [0.3, 0.4) is 0 Å². The second-order valence-corrected chi connectivity index (χ2v) is 8.52. The summed E-state index contributed by atoms with van der Waals surface area (Å²) in [7, 11) is -4.28. The maximum absolute atomic E-state index is 11.7. The lowest BCUT2D eigenvalue weighted by atomic mass is 9.95. The summed E-state index contributed by atoms with van der Waals surface area (Å²) in [6.07, 6.45) is 1.82. The van der Waals surface area contributed by atoms with E-state index in [1.165, 1.54) is 18.3 Å². The van der Waals surface area contributed by atoms with Crippen molar-refractivity contribution < 1.29 is 31.2 Å². The van der Waals surface area contributed by atoms with Gasteiger partial charge in [0.1, 0.15) is 17.1 Å². The summed E-state index contributed by atoms with van der Waals surface area (Å²) >= 11 is 0. The first-order chi connectivity index (χ1) is 14.6. The van der Waals surface area contributed by atoms with Crippen molar-refractivity contribution in [2.24, 2.45) is 5.16 Å². The van der Waals surface area contributed by atoms with Crippen molar-refractivity contribution in [1.82, 2.24) is 0 Å². The number of nitrogens with one attached hydrogen (secondary N) is 1. The van der Waals surface area contributed by atoms with Gasteiger partial charge in [-0.05, 0) is 57.9 Å². The summed E-state index contributed by atoms with van der Waals surface area (Å²) in [4.78, 5) is 11.6. The molecule has 31 heavy (non-hydrogen) atoms. The van der Waals surface area contributed by atoms with Gasteiger partial charge in [0, 0.05) is 17.8 Å². The Morgan fingerprint density at radius 2 is 1.84 bits per heavy atom. The van der Waals surface area contributed by atoms with Crippen molar-refractivity contribution in [1.29, 1.82) is 0 Å². The van der Waals surface area contributed by atoms with Crippen molar-refractivity contribution in [2.75, 3.05) is 11.9 Å². The molecule has 0 saturated heterocycles. The van der Waals surface area contributed by atoms with E-state index in [0.717, 1.165) is 11.1 Å². The van der Waals surface area contributed by atoms with Crippen LogP contribution < -0.4 is 14.2 Å². The topological polar surface area (TPSA) is 113 Å². The van der Waals surface area contributed by atoms with Gasteiger partial charge < -0.3 is 13.7 Å². The van der Waals surface area contributed by atoms with Gasteiger partial charge in [-0.25, -0.2) is 9.08 Å². The average Bonchev–Trinajstić information content (AvgIpc) is 2.67. The van der Waals surface area contributed by atoms with E-state index in [0.29, 0.717) is 30.9 Å². The lowest BCUT2D eigenvalue weighted by molar-refractivity contribution is 0.0420. The zero-order chi connectivity index (χ0) is 22.5. The van der Waals surface area contributed by atoms with Gasteiger partial charge in [0.25, 0.3) is 0 Å². The van der Waals surface area contributed by atoms with Gasteiger partial charge >= 0.3 is 16.5 Å². The van der Waals surface area contributed by atoms with E-state index in [4.69, 9.17) is 13.7 Å². The molecule has 2 aromatic carbocycles. The minimum atomic E-state index is -4.28. The summed E-state index contributed by atoms with van der Waals surface area (Å²) in [5.74, 6) is 0.740. The monoisotopic (exact) mass is 448 g/mol. The van der Waals surface area contributed by atoms with Crippen LogP contribution in [-0.4, -0.2) is 27.3 Å². The molecule has 0 fully saturated rings. The number of anilines is 1. The van der Waals surface area contributed by atoms with Crippen LogP contribution in [-0.2, 0) is 25.0 Å². The molecule has 1 amide bonds. The van der Waals surface area contributed by atoms with E-state index in [1.807, 2.05) is 26.8 Å². The number of cyclic esters (lactones) is 1. The number of ether oxygens (including phenoxy) is 2. The Morgan fingerprint density at radius 1 is 1.13 bits per heavy atom. The predicted molar refractivity (Wildman–Crippen MR) is 115 cm³/mol. The SMILES string of the molecule is Cc1ccc(OS(=O)(=O)ON=CCCCOc2ccc3c(c2)NC(=O)OC3(C)C)cc1. The average molecular weight is 448 g/mol. The number of hydrogen-bond donors (Lipinski definition) is 1. The summed E-state index contributed by atoms with van der Waals surface area (Å²) in [5.41, 5.74) is 1.77. The molecule has 0 saturated carbocycles. The molecule has 1 heterocycles. The highest BCUT2D eigenvalue weighted by molar-refractivity contribution is 7.82. The number of carbonyl (C=O) groups is 1. The van der Waals surface area contributed by atoms with Crippen LogP contribution in [0.15, 0.2) is 47.6 Å². The zero-order valence-electron chi connectivity index (χ0n) is 17.5. The van der Waals surface area contributed by atoms with Crippen molar-refractivity contribution in [3.63, 3.8) is 0 Å². The van der Waals surface area contributed by atoms with E-state index >= 15 is 0 Å². The van der Waals surface area contributed by atoms with Crippen molar-refractivity contribution >= 4 is 28.4 Å². The standard InChI is InChI=1S/C21H24N2O7S/c1-15-6-8-16(9-7-15)29-31(25,26)30-22-12-4-5-13-27-17-10-11-18-19(14-17)23-20(24)28-21(18,2)3/h6-12,14H,4-5,13H2,1-3H3,(H,23,24). The molecule has 0 unspecified atom stereocenters. The Labute approximate surface area is 181 Å². The van der Waals surface area contributed by atoms with Gasteiger partial charge in [-0.2, -0.15) is 0 Å². The molecule has 166 valence electrons. The predicted octanol–water partition coefficient (Wildman–Crippen LogP) is 4.28. The molecule has 0 atom stereocenters. The van der Waals surface area contributed by atoms with Crippen LogP contribution in [0.5, 0.6) is 11.5 Å². The Bertz CT molecular complexity index is 1060. The number of carbonyl (C=O) groups excluding carboxylic acids is 1. The summed E-state index contributed by atoms with van der Waals surface area (Å²) in [6.45, 7) is 5.88. The highest BCUT2D eigenvalue weighted by Crippen LogP contribution is 2.37. The van der Waals surface area contributed by atoms with Crippen LogP contribution in [0.25, 0.3) is 0 Å². The second-order valence-electron chi connectivity index (χ2n) is 7.39. The molecule has 1 aliphatic rings. The Hall–Kier alpha value is -3.27. The molecule has 1 N–H and O–H groups in total. The molecule has 3 rings (SSSR count). The summed E-state index contributed by atoms with van der Waals surface area (Å²) < 4.78 is 43.6. The molecule has 9 nitrogen and oxygen atoms in total. The number of amides is 1. The molecular weight excluding hydrogens is 424 g/mol. The smallest absolute Gasteiger partial charge is 0.494 e. The van der Waals surface area contributed by atoms with Crippen LogP contribution >= 0.6 is 0 Å². The van der Waals surface area contributed by atoms with Crippen molar-refractivity contribution in [3.05, 3.63) is 53.6 Å². The number of rotatable bonds is 9. The van der Waals surface area contributed by atoms with Crippen LogP contribution in [0.4, 0.5) is 10.5 Å². The minimum absolute atomic E-state index is 0.144. The fourth-order valence-corrected chi connectivity index (χ4v) is 3.43. The van der Waals surface area contributed by atoms with E-state index in [1.54, 1.807) is 24.3 Å². The lowest BCUT2D eigenvalue weighted by Crippen LogP contribution is -2.34. The number of fused-ring (bicyclic) bond motifs is 1. The minimum Gasteiger partial charge on any atom is -0.494 e. The molecule has 10 heteroatoms. The molecular formula is C21H24N2O7S. The van der Waals surface area contributed by atoms with Crippen LogP contribution in [0.2, 0.25) is 0 Å². The maximum Gasteiger partial charge on any atom is 0.521 e. The molecule has 2 aromatic rings. The molecule has 0 aliphatic carbocycles. The van der Waals surface area contributed by atoms with E-state index in [2.05, 4.69) is 14.8 Å². The van der Waals surface area contributed by atoms with Gasteiger partial charge in [-0.3, -0.25) is 5.32 Å². The zero-order valence-corrected chi connectivity index (χ0v) is 18.3. The van der Waals surface area contributed by atoms with Crippen molar-refractivity contribution in [3.8, 4) is 11.5 Å². The lowest BCUT2D eigenvalue weighted by Gasteiger charge is -2.32. The fraction of sp³-hybridized carbons (Fsp3) is 0.333. The number of hydrogen-bond acceptors (Lipinski definition) is 8. The van der Waals surface area contributed by atoms with Crippen LogP contribution in [0.1, 0.15) is 37.8 Å². The first-order valence-electron chi connectivity index (χ1n) is 9.63. The molecule has 0 radical (unpaired) electrons. The summed E-state index contributed by atoms with van der Waals surface area (Å²) in [5, 5.41) is 6.09. The first-order valence-corrected chi connectivity index (χ1v) is 11.0. The molecule has 0 aromatic heterocycles. The largest absolute Gasteiger partial charge is 0.521 e. The number of nitrogens with zero attached hydrogens (tertiary/aromatic N) is 1. The number of benzene rings is 2. The first kappa shape index (κ1) is 22.4. The molecule has 0 spiro atoms. The van der Waals surface area contributed by atoms with E-state index in [-0.39, 0.29) is 5.75 Å². The van der Waals surface area contributed by atoms with Gasteiger partial charge in [0.2, 0.25) is 0 Å². The normalized spacial score (nSPS) is 15.0. The van der Waals surface area contributed by atoms with E-state index < -0.39 is 22.1 Å². The van der Waals surface area contributed by atoms with E-state index in [9.17, 15) is 13.2 Å². The highest BCUT2D eigenvalue weighted by Gasteiger charge is 2.33. The Morgan fingerprint density at radius 3 is 2.58 bits per heavy atom. The fourth-order valence-electron chi connectivity index (χ4n) is 2.89. The van der Waals surface area contributed by atoms with Gasteiger partial charge in [0.15, 0.2) is 0 Å². The maximum atomic E-state index is 11.7. The Balaban J connectivity index is 1.41. The van der Waals surface area contributed by atoms with Crippen molar-refractivity contribution in [2.45, 2.75) is 39.2 Å². The number of oxime groups is 1. The Kier molecular flexibility index (Phi) is 6.69. The second kappa shape index (κ2) is 9.25. The highest BCUT2D eigenvalue weighted by atomic mass is 32.3. The van der Waals surface area contributed by atoms with Crippen LogP contribution in [0, 0.1) is 6.92 Å². The third-order valence-electron chi connectivity index (χ3n) is 4.40. The molecule has 1 aliphatic heterocycles. The van der Waals surface area contributed by atoms with Gasteiger partial charge in [0.05, 0.1) is 12.3 Å². The number of unbranched alkanes of at least 4 members (excludes halogenated alkanes) is 1. The molecule has 0 bridgehead atoms. The third-order valence-corrected chi connectivity index (χ3v) is 5.06. The third kappa shape index (κ3) is 6.35. The van der Waals surface area contributed by atoms with Gasteiger partial charge in [-0.1, -0.05) is 22.9 Å². The quantitative estimate of drug-likeness (QED) is 0.346. The van der Waals surface area contributed by atoms with Gasteiger partial charge in [-0.15, -0.1) is 8.42 Å². The number of aryl methyl sites for hydroxylation is 1.